The van der Waals surface area contributed by atoms with Gasteiger partial charge in [0.2, 0.25) is 6.79 Å². The molecular formula is C21H31NO6. The summed E-state index contributed by atoms with van der Waals surface area (Å²) >= 11 is 0. The first-order valence-electron chi connectivity index (χ1n) is 9.80. The summed E-state index contributed by atoms with van der Waals surface area (Å²) in [7, 11) is 0. The highest BCUT2D eigenvalue weighted by Gasteiger charge is 2.29. The Kier molecular flexibility index (Phi) is 7.69. The number of benzene rings is 1. The van der Waals surface area contributed by atoms with Crippen molar-refractivity contribution in [3.8, 4) is 11.5 Å². The van der Waals surface area contributed by atoms with Crippen molar-refractivity contribution < 1.29 is 28.9 Å². The molecule has 0 radical (unpaired) electrons. The molecule has 1 unspecified atom stereocenters. The molecule has 0 aliphatic carbocycles. The van der Waals surface area contributed by atoms with Gasteiger partial charge in [0.15, 0.2) is 11.5 Å². The van der Waals surface area contributed by atoms with E-state index in [0.717, 1.165) is 18.4 Å². The predicted octanol–water partition coefficient (Wildman–Crippen LogP) is 3.29. The fraction of sp³-hybridized carbons (Fsp3) is 0.619. The molecule has 7 heteroatoms. The summed E-state index contributed by atoms with van der Waals surface area (Å²) in [6.07, 6.45) is 3.15. The van der Waals surface area contributed by atoms with Gasteiger partial charge in [-0.15, -0.1) is 0 Å². The van der Waals surface area contributed by atoms with Crippen molar-refractivity contribution in [1.29, 1.82) is 0 Å². The monoisotopic (exact) mass is 393 g/mol. The Hall–Kier alpha value is -2.28. The van der Waals surface area contributed by atoms with Crippen LogP contribution in [0.3, 0.4) is 0 Å². The summed E-state index contributed by atoms with van der Waals surface area (Å²) in [6, 6.07) is 4.10. The van der Waals surface area contributed by atoms with Gasteiger partial charge in [0, 0.05) is 0 Å². The van der Waals surface area contributed by atoms with E-state index in [-0.39, 0.29) is 6.79 Å². The van der Waals surface area contributed by atoms with Crippen LogP contribution in [-0.4, -0.2) is 41.5 Å². The number of carboxylic acid groups (broad SMARTS) is 1. The molecule has 1 aliphatic rings. The average Bonchev–Trinajstić information content (AvgIpc) is 3.07. The lowest BCUT2D eigenvalue weighted by molar-refractivity contribution is -0.158. The third-order valence-electron chi connectivity index (χ3n) is 4.40. The van der Waals surface area contributed by atoms with Crippen molar-refractivity contribution in [2.24, 2.45) is 0 Å². The molecule has 1 aliphatic heterocycles. The molecule has 1 heterocycles. The largest absolute Gasteiger partial charge is 0.480 e. The zero-order chi connectivity index (χ0) is 20.7. The van der Waals surface area contributed by atoms with Crippen molar-refractivity contribution >= 4 is 11.9 Å². The van der Waals surface area contributed by atoms with Gasteiger partial charge in [-0.3, -0.25) is 14.9 Å². The Morgan fingerprint density at radius 1 is 1.18 bits per heavy atom. The number of hydrogen-bond donors (Lipinski definition) is 2. The summed E-state index contributed by atoms with van der Waals surface area (Å²) < 4.78 is 16.1. The second-order valence-corrected chi connectivity index (χ2v) is 8.01. The predicted molar refractivity (Wildman–Crippen MR) is 105 cm³/mol. The minimum atomic E-state index is -0.981. The molecule has 2 rings (SSSR count). The van der Waals surface area contributed by atoms with E-state index in [9.17, 15) is 14.7 Å². The van der Waals surface area contributed by atoms with Crippen LogP contribution in [0.2, 0.25) is 0 Å². The molecule has 2 N–H and O–H groups in total. The third kappa shape index (κ3) is 6.71. The molecule has 0 fully saturated rings. The lowest BCUT2D eigenvalue weighted by atomic mass is 10.0. The highest BCUT2D eigenvalue weighted by molar-refractivity contribution is 5.79. The molecule has 7 nitrogen and oxygen atoms in total. The van der Waals surface area contributed by atoms with Crippen molar-refractivity contribution in [2.75, 3.05) is 6.79 Å². The van der Waals surface area contributed by atoms with Crippen LogP contribution in [0.1, 0.15) is 58.9 Å². The number of aryl methyl sites for hydroxylation is 1. The lowest BCUT2D eigenvalue weighted by Crippen LogP contribution is -2.49. The van der Waals surface area contributed by atoms with E-state index >= 15 is 0 Å². The Labute approximate surface area is 166 Å². The maximum absolute atomic E-state index is 12.5. The fourth-order valence-electron chi connectivity index (χ4n) is 2.98. The van der Waals surface area contributed by atoms with Gasteiger partial charge in [-0.1, -0.05) is 25.8 Å². The number of carbonyl (C=O) groups excluding carboxylic acids is 1. The number of hydrogen-bond acceptors (Lipinski definition) is 6. The molecule has 1 aromatic rings. The van der Waals surface area contributed by atoms with Crippen LogP contribution < -0.4 is 14.8 Å². The second kappa shape index (κ2) is 9.78. The summed E-state index contributed by atoms with van der Waals surface area (Å²) in [6.45, 7) is 7.63. The molecule has 156 valence electrons. The SMILES string of the molecule is CCCCC(N[C@@H](CCc1ccc2c(c1)OCO2)C(=O)O)C(=O)OC(C)(C)C. The van der Waals surface area contributed by atoms with Crippen molar-refractivity contribution in [3.05, 3.63) is 23.8 Å². The van der Waals surface area contributed by atoms with Gasteiger partial charge in [0.25, 0.3) is 0 Å². The minimum Gasteiger partial charge on any atom is -0.480 e. The number of carboxylic acids is 1. The first kappa shape index (κ1) is 22.0. The molecule has 0 bridgehead atoms. The van der Waals surface area contributed by atoms with E-state index in [0.29, 0.717) is 30.8 Å². The Morgan fingerprint density at radius 3 is 2.54 bits per heavy atom. The molecule has 0 saturated heterocycles. The molecular weight excluding hydrogens is 362 g/mol. The van der Waals surface area contributed by atoms with Crippen molar-refractivity contribution in [2.45, 2.75) is 77.5 Å². The average molecular weight is 393 g/mol. The van der Waals surface area contributed by atoms with Crippen LogP contribution in [0.4, 0.5) is 0 Å². The zero-order valence-electron chi connectivity index (χ0n) is 17.1. The Morgan fingerprint density at radius 2 is 1.89 bits per heavy atom. The van der Waals surface area contributed by atoms with Gasteiger partial charge in [-0.05, 0) is 57.7 Å². The summed E-state index contributed by atoms with van der Waals surface area (Å²) in [4.78, 5) is 24.3. The lowest BCUT2D eigenvalue weighted by Gasteiger charge is -2.26. The number of rotatable bonds is 10. The minimum absolute atomic E-state index is 0.201. The van der Waals surface area contributed by atoms with Crippen molar-refractivity contribution in [3.63, 3.8) is 0 Å². The maximum atomic E-state index is 12.5. The summed E-state index contributed by atoms with van der Waals surface area (Å²) in [5.41, 5.74) is 0.341. The highest BCUT2D eigenvalue weighted by atomic mass is 16.7. The van der Waals surface area contributed by atoms with Crippen LogP contribution in [0.5, 0.6) is 11.5 Å². The molecule has 0 spiro atoms. The van der Waals surface area contributed by atoms with Gasteiger partial charge in [0.1, 0.15) is 17.7 Å². The summed E-state index contributed by atoms with van der Waals surface area (Å²) in [5.74, 6) is -0.0193. The first-order valence-corrected chi connectivity index (χ1v) is 9.80. The van der Waals surface area contributed by atoms with E-state index in [4.69, 9.17) is 14.2 Å². The normalized spacial score (nSPS) is 15.1. The summed E-state index contributed by atoms with van der Waals surface area (Å²) in [5, 5.41) is 12.6. The number of esters is 1. The van der Waals surface area contributed by atoms with Crippen molar-refractivity contribution in [1.82, 2.24) is 5.32 Å². The molecule has 0 saturated carbocycles. The van der Waals surface area contributed by atoms with E-state index in [1.54, 1.807) is 20.8 Å². The van der Waals surface area contributed by atoms with Gasteiger partial charge < -0.3 is 19.3 Å². The van der Waals surface area contributed by atoms with Crippen LogP contribution in [-0.2, 0) is 20.7 Å². The Balaban J connectivity index is 2.01. The van der Waals surface area contributed by atoms with Crippen LogP contribution in [0, 0.1) is 0 Å². The molecule has 0 aromatic heterocycles. The van der Waals surface area contributed by atoms with Crippen LogP contribution >= 0.6 is 0 Å². The number of unbranched alkanes of at least 4 members (excludes halogenated alkanes) is 1. The number of carbonyl (C=O) groups is 2. The van der Waals surface area contributed by atoms with E-state index in [2.05, 4.69) is 5.32 Å². The quantitative estimate of drug-likeness (QED) is 0.589. The standard InChI is InChI=1S/C21H31NO6/c1-5-6-7-16(20(25)28-21(2,3)4)22-15(19(23)24)10-8-14-9-11-17-18(12-14)27-13-26-17/h9,11-12,15-16,22H,5-8,10,13H2,1-4H3,(H,23,24)/t15-,16?/m0/s1. The molecule has 2 atom stereocenters. The molecule has 0 amide bonds. The fourth-order valence-corrected chi connectivity index (χ4v) is 2.98. The number of nitrogens with one attached hydrogen (secondary N) is 1. The highest BCUT2D eigenvalue weighted by Crippen LogP contribution is 2.32. The van der Waals surface area contributed by atoms with Gasteiger partial charge in [-0.2, -0.15) is 0 Å². The first-order chi connectivity index (χ1) is 13.2. The number of ether oxygens (including phenoxy) is 3. The number of aliphatic carboxylic acids is 1. The topological polar surface area (TPSA) is 94.1 Å². The zero-order valence-corrected chi connectivity index (χ0v) is 17.1. The smallest absolute Gasteiger partial charge is 0.323 e. The third-order valence-corrected chi connectivity index (χ3v) is 4.40. The maximum Gasteiger partial charge on any atom is 0.323 e. The van der Waals surface area contributed by atoms with Gasteiger partial charge in [0.05, 0.1) is 0 Å². The Bertz CT molecular complexity index is 682. The van der Waals surface area contributed by atoms with E-state index < -0.39 is 29.6 Å². The second-order valence-electron chi connectivity index (χ2n) is 8.01. The van der Waals surface area contributed by atoms with Crippen LogP contribution in [0.15, 0.2) is 18.2 Å². The van der Waals surface area contributed by atoms with Gasteiger partial charge >= 0.3 is 11.9 Å². The molecule has 28 heavy (non-hydrogen) atoms. The number of fused-ring (bicyclic) bond motifs is 1. The van der Waals surface area contributed by atoms with E-state index in [1.165, 1.54) is 0 Å². The molecule has 1 aromatic carbocycles. The van der Waals surface area contributed by atoms with Gasteiger partial charge in [-0.25, -0.2) is 0 Å². The van der Waals surface area contributed by atoms with E-state index in [1.807, 2.05) is 25.1 Å². The van der Waals surface area contributed by atoms with Crippen LogP contribution in [0.25, 0.3) is 0 Å².